The van der Waals surface area contributed by atoms with Crippen molar-refractivity contribution in [2.75, 3.05) is 6.54 Å². The molecule has 1 aromatic heterocycles. The van der Waals surface area contributed by atoms with Crippen LogP contribution in [0.15, 0.2) is 18.3 Å². The normalized spacial score (nSPS) is 10.3. The lowest BCUT2D eigenvalue weighted by Gasteiger charge is -1.98. The summed E-state index contributed by atoms with van der Waals surface area (Å²) in [6.07, 6.45) is 2.90. The Kier molecular flexibility index (Phi) is 4.39. The van der Waals surface area contributed by atoms with Gasteiger partial charge in [0.25, 0.3) is 0 Å². The molecule has 0 aliphatic rings. The highest BCUT2D eigenvalue weighted by Gasteiger charge is 2.06. The summed E-state index contributed by atoms with van der Waals surface area (Å²) in [5.41, 5.74) is 7.93. The molecule has 15 heavy (non-hydrogen) atoms. The van der Waals surface area contributed by atoms with Crippen molar-refractivity contribution in [2.45, 2.75) is 6.42 Å². The molecule has 5 heteroatoms. The van der Waals surface area contributed by atoms with Crippen molar-refractivity contribution < 1.29 is 5.48 Å². The molecule has 1 heterocycles. The van der Waals surface area contributed by atoms with E-state index in [4.69, 9.17) is 17.3 Å². The minimum absolute atomic E-state index is 0. The first-order valence-corrected chi connectivity index (χ1v) is 5.83. The summed E-state index contributed by atoms with van der Waals surface area (Å²) in [6, 6.07) is 3.94. The van der Waals surface area contributed by atoms with Crippen LogP contribution in [-0.4, -0.2) is 17.0 Å². The summed E-state index contributed by atoms with van der Waals surface area (Å²) in [4.78, 5) is 3.25. The SMILES string of the molecule is NCCc1c[nH]c2c(I)cc(Cl)cc12.O. The summed E-state index contributed by atoms with van der Waals surface area (Å²) in [6.45, 7) is 0.663. The van der Waals surface area contributed by atoms with Gasteiger partial charge in [0.1, 0.15) is 0 Å². The predicted molar refractivity (Wildman–Crippen MR) is 72.4 cm³/mol. The van der Waals surface area contributed by atoms with Gasteiger partial charge < -0.3 is 16.2 Å². The van der Waals surface area contributed by atoms with E-state index in [0.717, 1.165) is 20.5 Å². The number of nitrogens with two attached hydrogens (primary N) is 1. The lowest BCUT2D eigenvalue weighted by atomic mass is 10.1. The van der Waals surface area contributed by atoms with Crippen molar-refractivity contribution >= 4 is 45.1 Å². The molecule has 0 unspecified atom stereocenters. The second-order valence-electron chi connectivity index (χ2n) is 3.16. The van der Waals surface area contributed by atoms with E-state index >= 15 is 0 Å². The number of aromatic nitrogens is 1. The summed E-state index contributed by atoms with van der Waals surface area (Å²) >= 11 is 8.28. The van der Waals surface area contributed by atoms with Crippen LogP contribution in [0.3, 0.4) is 0 Å². The van der Waals surface area contributed by atoms with Gasteiger partial charge in [0.2, 0.25) is 0 Å². The van der Waals surface area contributed by atoms with Gasteiger partial charge in [-0.2, -0.15) is 0 Å². The van der Waals surface area contributed by atoms with Crippen LogP contribution in [0, 0.1) is 3.57 Å². The van der Waals surface area contributed by atoms with Crippen molar-refractivity contribution in [3.8, 4) is 0 Å². The smallest absolute Gasteiger partial charge is 0.0593 e. The highest BCUT2D eigenvalue weighted by molar-refractivity contribution is 14.1. The number of benzene rings is 1. The number of H-pyrrole nitrogens is 1. The molecule has 0 aliphatic heterocycles. The zero-order valence-electron chi connectivity index (χ0n) is 7.98. The second kappa shape index (κ2) is 5.16. The molecule has 0 atom stereocenters. The number of aromatic amines is 1. The Morgan fingerprint density at radius 2 is 2.13 bits per heavy atom. The summed E-state index contributed by atoms with van der Waals surface area (Å²) in [5, 5.41) is 1.96. The van der Waals surface area contributed by atoms with E-state index in [1.54, 1.807) is 0 Å². The van der Waals surface area contributed by atoms with E-state index in [1.165, 1.54) is 10.9 Å². The van der Waals surface area contributed by atoms with Crippen LogP contribution < -0.4 is 5.73 Å². The monoisotopic (exact) mass is 338 g/mol. The molecule has 0 saturated heterocycles. The average Bonchev–Trinajstić information content (AvgIpc) is 2.49. The lowest BCUT2D eigenvalue weighted by molar-refractivity contribution is 0.824. The van der Waals surface area contributed by atoms with Gasteiger partial charge >= 0.3 is 0 Å². The lowest BCUT2D eigenvalue weighted by Crippen LogP contribution is -2.01. The van der Waals surface area contributed by atoms with Crippen LogP contribution in [-0.2, 0) is 6.42 Å². The number of rotatable bonds is 2. The number of hydrogen-bond acceptors (Lipinski definition) is 1. The largest absolute Gasteiger partial charge is 0.412 e. The first-order valence-electron chi connectivity index (χ1n) is 4.37. The van der Waals surface area contributed by atoms with E-state index in [2.05, 4.69) is 27.6 Å². The minimum Gasteiger partial charge on any atom is -0.412 e. The van der Waals surface area contributed by atoms with Crippen LogP contribution >= 0.6 is 34.2 Å². The Morgan fingerprint density at radius 3 is 2.80 bits per heavy atom. The fraction of sp³-hybridized carbons (Fsp3) is 0.200. The predicted octanol–water partition coefficient (Wildman–Crippen LogP) is 2.10. The quantitative estimate of drug-likeness (QED) is 0.809. The Bertz CT molecular complexity index is 470. The van der Waals surface area contributed by atoms with Gasteiger partial charge in [0.15, 0.2) is 0 Å². The zero-order valence-corrected chi connectivity index (χ0v) is 10.9. The molecule has 0 amide bonds. The number of halogens is 2. The fourth-order valence-corrected chi connectivity index (χ4v) is 2.76. The van der Waals surface area contributed by atoms with Gasteiger partial charge in [-0.25, -0.2) is 0 Å². The van der Waals surface area contributed by atoms with Gasteiger partial charge in [0.05, 0.1) is 5.52 Å². The first-order chi connectivity index (χ1) is 6.72. The third-order valence-corrected chi connectivity index (χ3v) is 3.27. The van der Waals surface area contributed by atoms with Crippen LogP contribution in [0.5, 0.6) is 0 Å². The molecule has 2 aromatic rings. The van der Waals surface area contributed by atoms with E-state index < -0.39 is 0 Å². The van der Waals surface area contributed by atoms with E-state index in [9.17, 15) is 0 Å². The third kappa shape index (κ3) is 2.44. The van der Waals surface area contributed by atoms with Crippen LogP contribution in [0.2, 0.25) is 5.02 Å². The van der Waals surface area contributed by atoms with Gasteiger partial charge in [0, 0.05) is 20.2 Å². The molecule has 0 radical (unpaired) electrons. The number of fused-ring (bicyclic) bond motifs is 1. The van der Waals surface area contributed by atoms with Gasteiger partial charge in [-0.1, -0.05) is 11.6 Å². The van der Waals surface area contributed by atoms with Crippen LogP contribution in [0.4, 0.5) is 0 Å². The molecule has 0 spiro atoms. The van der Waals surface area contributed by atoms with Crippen molar-refractivity contribution in [2.24, 2.45) is 5.73 Å². The molecule has 2 rings (SSSR count). The standard InChI is InChI=1S/C10H10ClIN2.H2O/c11-7-3-8-6(1-2-13)5-14-10(8)9(12)4-7;/h3-5,14H,1-2,13H2;1H2. The summed E-state index contributed by atoms with van der Waals surface area (Å²) < 4.78 is 1.15. The second-order valence-corrected chi connectivity index (χ2v) is 4.76. The van der Waals surface area contributed by atoms with E-state index in [1.807, 2.05) is 18.3 Å². The first kappa shape index (κ1) is 12.8. The van der Waals surface area contributed by atoms with Crippen LogP contribution in [0.1, 0.15) is 5.56 Å². The molecule has 1 aromatic carbocycles. The fourth-order valence-electron chi connectivity index (χ4n) is 1.57. The van der Waals surface area contributed by atoms with Gasteiger partial charge in [-0.05, 0) is 53.3 Å². The highest BCUT2D eigenvalue weighted by Crippen LogP contribution is 2.27. The average molecular weight is 339 g/mol. The molecule has 0 aliphatic carbocycles. The summed E-state index contributed by atoms with van der Waals surface area (Å²) in [7, 11) is 0. The Hall–Kier alpha value is -0.300. The maximum absolute atomic E-state index is 6.00. The minimum atomic E-state index is 0. The number of hydrogen-bond donors (Lipinski definition) is 2. The molecular weight excluding hydrogens is 326 g/mol. The van der Waals surface area contributed by atoms with Crippen molar-refractivity contribution in [3.05, 3.63) is 32.5 Å². The molecule has 3 nitrogen and oxygen atoms in total. The molecule has 0 bridgehead atoms. The van der Waals surface area contributed by atoms with Gasteiger partial charge in [-0.3, -0.25) is 0 Å². The van der Waals surface area contributed by atoms with Crippen molar-refractivity contribution in [3.63, 3.8) is 0 Å². The van der Waals surface area contributed by atoms with E-state index in [-0.39, 0.29) is 5.48 Å². The van der Waals surface area contributed by atoms with Crippen LogP contribution in [0.25, 0.3) is 10.9 Å². The van der Waals surface area contributed by atoms with Crippen molar-refractivity contribution in [1.82, 2.24) is 4.98 Å². The Labute approximate surface area is 106 Å². The zero-order chi connectivity index (χ0) is 10.1. The molecule has 5 N–H and O–H groups in total. The topological polar surface area (TPSA) is 73.3 Å². The Morgan fingerprint density at radius 1 is 1.40 bits per heavy atom. The summed E-state index contributed by atoms with van der Waals surface area (Å²) in [5.74, 6) is 0. The van der Waals surface area contributed by atoms with E-state index in [0.29, 0.717) is 6.54 Å². The Balaban J connectivity index is 0.00000112. The molecule has 0 fully saturated rings. The highest BCUT2D eigenvalue weighted by atomic mass is 127. The molecule has 0 saturated carbocycles. The third-order valence-electron chi connectivity index (χ3n) is 2.21. The maximum Gasteiger partial charge on any atom is 0.0593 e. The van der Waals surface area contributed by atoms with Gasteiger partial charge in [-0.15, -0.1) is 0 Å². The van der Waals surface area contributed by atoms with Crippen molar-refractivity contribution in [1.29, 1.82) is 0 Å². The molecular formula is C10H12ClIN2O. The molecule has 82 valence electrons. The maximum atomic E-state index is 6.00. The number of nitrogens with one attached hydrogen (secondary N) is 1.